The summed E-state index contributed by atoms with van der Waals surface area (Å²) < 4.78 is 39.0. The molecule has 2 heterocycles. The molecule has 0 aliphatic carbocycles. The molecule has 0 spiro atoms. The number of hydrogen-bond donors (Lipinski definition) is 0. The number of piperidine rings is 1. The van der Waals surface area contributed by atoms with Crippen LogP contribution in [0, 0.1) is 0 Å². The van der Waals surface area contributed by atoms with Gasteiger partial charge in [0, 0.05) is 42.9 Å². The maximum Gasteiger partial charge on any atom is 0.416 e. The van der Waals surface area contributed by atoms with Crippen molar-refractivity contribution in [3.05, 3.63) is 64.7 Å². The molecule has 2 aliphatic heterocycles. The van der Waals surface area contributed by atoms with Crippen molar-refractivity contribution in [2.24, 2.45) is 0 Å². The molecule has 0 N–H and O–H groups in total. The number of anilines is 1. The van der Waals surface area contributed by atoms with Gasteiger partial charge in [-0.05, 0) is 54.7 Å². The Bertz CT molecular complexity index is 791. The van der Waals surface area contributed by atoms with Crippen LogP contribution in [0.4, 0.5) is 18.9 Å². The second-order valence-corrected chi connectivity index (χ2v) is 7.91. The number of nitrogens with zero attached hydrogens (tertiary/aromatic N) is 2. The fourth-order valence-electron chi connectivity index (χ4n) is 4.30. The van der Waals surface area contributed by atoms with Crippen LogP contribution in [0.15, 0.2) is 48.5 Å². The molecule has 2 aromatic carbocycles. The third-order valence-electron chi connectivity index (χ3n) is 5.79. The number of hydrogen-bond acceptors (Lipinski definition) is 2. The van der Waals surface area contributed by atoms with Crippen LogP contribution in [-0.2, 0) is 6.18 Å². The Labute approximate surface area is 162 Å². The fourth-order valence-corrected chi connectivity index (χ4v) is 4.42. The minimum atomic E-state index is -4.30. The molecular weight excluding hydrogens is 373 g/mol. The zero-order valence-corrected chi connectivity index (χ0v) is 15.7. The van der Waals surface area contributed by atoms with Crippen molar-refractivity contribution in [1.82, 2.24) is 4.90 Å². The Morgan fingerprint density at radius 1 is 0.926 bits per heavy atom. The zero-order chi connectivity index (χ0) is 19.0. The smallest absolute Gasteiger partial charge is 0.369 e. The topological polar surface area (TPSA) is 6.48 Å². The van der Waals surface area contributed by atoms with Crippen LogP contribution in [0.3, 0.4) is 0 Å². The van der Waals surface area contributed by atoms with E-state index in [1.54, 1.807) is 6.07 Å². The monoisotopic (exact) mass is 394 g/mol. The number of alkyl halides is 3. The molecular formula is C21H22ClF3N2. The van der Waals surface area contributed by atoms with E-state index in [0.717, 1.165) is 50.1 Å². The fraction of sp³-hybridized carbons (Fsp3) is 0.429. The van der Waals surface area contributed by atoms with E-state index in [9.17, 15) is 13.2 Å². The number of fused-ring (bicyclic) bond motifs is 1. The van der Waals surface area contributed by atoms with Crippen molar-refractivity contribution >= 4 is 17.3 Å². The summed E-state index contributed by atoms with van der Waals surface area (Å²) in [6.45, 7) is 3.42. The summed E-state index contributed by atoms with van der Waals surface area (Å²) in [6, 6.07) is 14.2. The number of rotatable bonds is 2. The van der Waals surface area contributed by atoms with E-state index >= 15 is 0 Å². The summed E-state index contributed by atoms with van der Waals surface area (Å²) in [4.78, 5) is 4.59. The van der Waals surface area contributed by atoms with Crippen LogP contribution in [0.2, 0.25) is 5.02 Å². The van der Waals surface area contributed by atoms with Gasteiger partial charge < -0.3 is 4.90 Å². The average molecular weight is 395 g/mol. The minimum Gasteiger partial charge on any atom is -0.369 e. The van der Waals surface area contributed by atoms with Gasteiger partial charge >= 0.3 is 6.18 Å². The van der Waals surface area contributed by atoms with Crippen LogP contribution in [0.5, 0.6) is 0 Å². The minimum absolute atomic E-state index is 0.400. The van der Waals surface area contributed by atoms with Crippen molar-refractivity contribution in [3.63, 3.8) is 0 Å². The summed E-state index contributed by atoms with van der Waals surface area (Å²) in [5.74, 6) is 0.499. The van der Waals surface area contributed by atoms with Gasteiger partial charge in [0.1, 0.15) is 0 Å². The SMILES string of the molecule is FC(F)(F)c1cccc(N2CCN3C[C@@H](c4ccc(Cl)cc4)CC[C@@H]3C2)c1. The Morgan fingerprint density at radius 2 is 1.70 bits per heavy atom. The number of halogens is 4. The maximum absolute atomic E-state index is 13.0. The standard InChI is InChI=1S/C21H22ClF3N2/c22-18-7-4-15(5-8-18)16-6-9-20-14-27(11-10-26(20)13-16)19-3-1-2-17(12-19)21(23,24)25/h1-5,7-8,12,16,20H,6,9-11,13-14H2/t16-,20+/m0/s1. The third kappa shape index (κ3) is 4.09. The Kier molecular flexibility index (Phi) is 5.08. The van der Waals surface area contributed by atoms with E-state index < -0.39 is 11.7 Å². The molecule has 144 valence electrons. The van der Waals surface area contributed by atoms with Crippen molar-refractivity contribution in [1.29, 1.82) is 0 Å². The molecule has 2 nitrogen and oxygen atoms in total. The molecule has 2 saturated heterocycles. The normalized spacial score (nSPS) is 23.9. The lowest BCUT2D eigenvalue weighted by Gasteiger charge is -2.47. The molecule has 0 bridgehead atoms. The first-order valence-corrected chi connectivity index (χ1v) is 9.70. The first-order chi connectivity index (χ1) is 12.9. The first kappa shape index (κ1) is 18.6. The molecule has 2 atom stereocenters. The van der Waals surface area contributed by atoms with Gasteiger partial charge in [-0.1, -0.05) is 29.8 Å². The highest BCUT2D eigenvalue weighted by Gasteiger charge is 2.35. The molecule has 0 amide bonds. The Balaban J connectivity index is 1.43. The highest BCUT2D eigenvalue weighted by Crippen LogP contribution is 2.35. The van der Waals surface area contributed by atoms with Gasteiger partial charge in [0.2, 0.25) is 0 Å². The Morgan fingerprint density at radius 3 is 2.44 bits per heavy atom. The molecule has 0 saturated carbocycles. The zero-order valence-electron chi connectivity index (χ0n) is 14.9. The van der Waals surface area contributed by atoms with Gasteiger partial charge in [0.05, 0.1) is 5.56 Å². The molecule has 27 heavy (non-hydrogen) atoms. The summed E-state index contributed by atoms with van der Waals surface area (Å²) in [5.41, 5.74) is 1.41. The first-order valence-electron chi connectivity index (χ1n) is 9.32. The lowest BCUT2D eigenvalue weighted by atomic mass is 9.86. The van der Waals surface area contributed by atoms with Crippen LogP contribution < -0.4 is 4.90 Å². The summed E-state index contributed by atoms with van der Waals surface area (Å²) in [7, 11) is 0. The van der Waals surface area contributed by atoms with Crippen LogP contribution >= 0.6 is 11.6 Å². The summed E-state index contributed by atoms with van der Waals surface area (Å²) >= 11 is 5.99. The van der Waals surface area contributed by atoms with Gasteiger partial charge in [0.25, 0.3) is 0 Å². The lowest BCUT2D eigenvalue weighted by Crippen LogP contribution is -2.56. The van der Waals surface area contributed by atoms with E-state index in [0.29, 0.717) is 17.6 Å². The van der Waals surface area contributed by atoms with E-state index in [1.165, 1.54) is 17.7 Å². The van der Waals surface area contributed by atoms with Crippen molar-refractivity contribution in [2.45, 2.75) is 31.0 Å². The van der Waals surface area contributed by atoms with Crippen molar-refractivity contribution in [3.8, 4) is 0 Å². The van der Waals surface area contributed by atoms with E-state index in [-0.39, 0.29) is 0 Å². The Hall–Kier alpha value is -1.72. The van der Waals surface area contributed by atoms with E-state index in [4.69, 9.17) is 11.6 Å². The lowest BCUT2D eigenvalue weighted by molar-refractivity contribution is -0.137. The molecule has 0 radical (unpaired) electrons. The van der Waals surface area contributed by atoms with Crippen molar-refractivity contribution in [2.75, 3.05) is 31.1 Å². The molecule has 2 fully saturated rings. The summed E-state index contributed by atoms with van der Waals surface area (Å²) in [6.07, 6.45) is -2.14. The molecule has 2 aliphatic rings. The van der Waals surface area contributed by atoms with Gasteiger partial charge in [0.15, 0.2) is 0 Å². The summed E-state index contributed by atoms with van der Waals surface area (Å²) in [5, 5.41) is 0.752. The second kappa shape index (κ2) is 7.36. The molecule has 2 aromatic rings. The van der Waals surface area contributed by atoms with Crippen molar-refractivity contribution < 1.29 is 13.2 Å². The molecule has 0 aromatic heterocycles. The van der Waals surface area contributed by atoms with Gasteiger partial charge in [-0.2, -0.15) is 13.2 Å². The van der Waals surface area contributed by atoms with Crippen LogP contribution in [0.25, 0.3) is 0 Å². The highest BCUT2D eigenvalue weighted by molar-refractivity contribution is 6.30. The second-order valence-electron chi connectivity index (χ2n) is 7.47. The van der Waals surface area contributed by atoms with Crippen LogP contribution in [0.1, 0.15) is 29.9 Å². The van der Waals surface area contributed by atoms with Gasteiger partial charge in [-0.25, -0.2) is 0 Å². The number of piperazine rings is 1. The van der Waals surface area contributed by atoms with Gasteiger partial charge in [-0.15, -0.1) is 0 Å². The molecule has 0 unspecified atom stereocenters. The molecule has 4 rings (SSSR count). The van der Waals surface area contributed by atoms with Gasteiger partial charge in [-0.3, -0.25) is 4.90 Å². The quantitative estimate of drug-likeness (QED) is 0.670. The third-order valence-corrected chi connectivity index (χ3v) is 6.04. The highest BCUT2D eigenvalue weighted by atomic mass is 35.5. The molecule has 6 heteroatoms. The van der Waals surface area contributed by atoms with E-state index in [1.807, 2.05) is 12.1 Å². The number of benzene rings is 2. The largest absolute Gasteiger partial charge is 0.416 e. The maximum atomic E-state index is 13.0. The predicted molar refractivity (Wildman–Crippen MR) is 102 cm³/mol. The van der Waals surface area contributed by atoms with E-state index in [2.05, 4.69) is 21.9 Å². The predicted octanol–water partition coefficient (Wildman–Crippen LogP) is 5.43. The van der Waals surface area contributed by atoms with Crippen LogP contribution in [-0.4, -0.2) is 37.1 Å². The average Bonchev–Trinajstić information content (AvgIpc) is 2.67.